The van der Waals surface area contributed by atoms with E-state index in [-0.39, 0.29) is 19.1 Å². The van der Waals surface area contributed by atoms with E-state index >= 15 is 0 Å². The van der Waals surface area contributed by atoms with Crippen molar-refractivity contribution < 1.29 is 29.1 Å². The summed E-state index contributed by atoms with van der Waals surface area (Å²) in [6.07, 6.45) is 0.119. The van der Waals surface area contributed by atoms with Crippen LogP contribution in [-0.2, 0) is 19.3 Å². The molecule has 0 bridgehead atoms. The zero-order valence-electron chi connectivity index (χ0n) is 12.2. The Labute approximate surface area is 123 Å². The highest BCUT2D eigenvalue weighted by Gasteiger charge is 2.54. The fraction of sp³-hybridized carbons (Fsp3) is 0.533. The van der Waals surface area contributed by atoms with Crippen molar-refractivity contribution >= 4 is 5.97 Å². The summed E-state index contributed by atoms with van der Waals surface area (Å²) in [6, 6.07) is 8.85. The molecule has 1 saturated heterocycles. The lowest BCUT2D eigenvalue weighted by Gasteiger charge is -2.36. The topological polar surface area (TPSA) is 74.2 Å². The Bertz CT molecular complexity index is 454. The predicted octanol–water partition coefficient (Wildman–Crippen LogP) is 1.67. The number of para-hydroxylation sites is 1. The molecular weight excluding hydrogens is 276 g/mol. The molecule has 1 N–H and O–H groups in total. The number of hydrogen-bond acceptors (Lipinski definition) is 6. The second-order valence-corrected chi connectivity index (χ2v) is 5.30. The zero-order valence-corrected chi connectivity index (χ0v) is 12.2. The molecule has 116 valence electrons. The molecule has 0 amide bonds. The molecule has 21 heavy (non-hydrogen) atoms. The van der Waals surface area contributed by atoms with Crippen LogP contribution in [0.2, 0.25) is 0 Å². The lowest BCUT2D eigenvalue weighted by Crippen LogP contribution is -2.59. The Hall–Kier alpha value is -1.63. The van der Waals surface area contributed by atoms with Gasteiger partial charge in [0.25, 0.3) is 0 Å². The second kappa shape index (κ2) is 6.89. The maximum Gasteiger partial charge on any atom is 0.385 e. The molecule has 6 nitrogen and oxygen atoms in total. The molecule has 1 aliphatic rings. The molecule has 0 aromatic heterocycles. The van der Waals surface area contributed by atoms with Crippen LogP contribution < -0.4 is 4.74 Å². The van der Waals surface area contributed by atoms with Gasteiger partial charge in [0.05, 0.1) is 12.7 Å². The molecular formula is C15H20O6. The summed E-state index contributed by atoms with van der Waals surface area (Å²) < 4.78 is 10.7. The van der Waals surface area contributed by atoms with Crippen molar-refractivity contribution in [3.63, 3.8) is 0 Å². The average Bonchev–Trinajstić information content (AvgIpc) is 2.40. The van der Waals surface area contributed by atoms with E-state index in [1.54, 1.807) is 31.2 Å². The van der Waals surface area contributed by atoms with Crippen LogP contribution in [0, 0.1) is 5.92 Å². The molecule has 6 heteroatoms. The molecule has 1 heterocycles. The van der Waals surface area contributed by atoms with E-state index in [1.807, 2.05) is 13.0 Å². The molecule has 0 aliphatic carbocycles. The second-order valence-electron chi connectivity index (χ2n) is 5.30. The third kappa shape index (κ3) is 4.17. The van der Waals surface area contributed by atoms with Crippen LogP contribution in [-0.4, -0.2) is 36.2 Å². The number of esters is 1. The Balaban J connectivity index is 1.89. The fourth-order valence-corrected chi connectivity index (χ4v) is 2.00. The molecule has 1 aromatic carbocycles. The monoisotopic (exact) mass is 296 g/mol. The van der Waals surface area contributed by atoms with Gasteiger partial charge in [-0.1, -0.05) is 25.1 Å². The van der Waals surface area contributed by atoms with Crippen molar-refractivity contribution in [2.45, 2.75) is 32.2 Å². The maximum absolute atomic E-state index is 12.1. The summed E-state index contributed by atoms with van der Waals surface area (Å²) in [5, 5.41) is 9.29. The van der Waals surface area contributed by atoms with Crippen molar-refractivity contribution in [3.05, 3.63) is 30.3 Å². The third-order valence-corrected chi connectivity index (χ3v) is 3.02. The Morgan fingerprint density at radius 2 is 2.05 bits per heavy atom. The number of aliphatic hydroxyl groups excluding tert-OH is 1. The number of aliphatic hydroxyl groups is 1. The number of ether oxygens (including phenoxy) is 2. The first-order valence-electron chi connectivity index (χ1n) is 6.92. The van der Waals surface area contributed by atoms with Crippen LogP contribution in [0.3, 0.4) is 0 Å². The van der Waals surface area contributed by atoms with Gasteiger partial charge in [0.15, 0.2) is 6.61 Å². The summed E-state index contributed by atoms with van der Waals surface area (Å²) in [7, 11) is 0. The molecule has 0 radical (unpaired) electrons. The van der Waals surface area contributed by atoms with Gasteiger partial charge < -0.3 is 14.6 Å². The summed E-state index contributed by atoms with van der Waals surface area (Å²) in [5.74, 6) is -1.63. The smallest absolute Gasteiger partial charge is 0.385 e. The van der Waals surface area contributed by atoms with Gasteiger partial charge in [0.2, 0.25) is 0 Å². The van der Waals surface area contributed by atoms with Crippen LogP contribution in [0.25, 0.3) is 0 Å². The van der Waals surface area contributed by atoms with Gasteiger partial charge in [-0.2, -0.15) is 4.89 Å². The van der Waals surface area contributed by atoms with Crippen LogP contribution in [0.5, 0.6) is 5.75 Å². The largest absolute Gasteiger partial charge is 0.460 e. The van der Waals surface area contributed by atoms with E-state index < -0.39 is 17.9 Å². The molecule has 2 rings (SSSR count). The number of rotatable bonds is 7. The lowest BCUT2D eigenvalue weighted by atomic mass is 10.1. The minimum absolute atomic E-state index is 0.0223. The van der Waals surface area contributed by atoms with Gasteiger partial charge in [0, 0.05) is 0 Å². The molecule has 0 spiro atoms. The Kier molecular flexibility index (Phi) is 5.17. The average molecular weight is 296 g/mol. The SMILES string of the molecule is CC(O)CC(C)COC(=O)C1(Oc2ccccc2)COO1. The standard InChI is InChI=1S/C15H20O6/c1-11(8-12(2)16)9-18-14(17)15(10-19-21-15)20-13-6-4-3-5-7-13/h3-7,11-12,16H,8-10H2,1-2H3. The first-order chi connectivity index (χ1) is 10.0. The number of carbonyl (C=O) groups is 1. The maximum atomic E-state index is 12.1. The molecule has 3 unspecified atom stereocenters. The quantitative estimate of drug-likeness (QED) is 0.609. The van der Waals surface area contributed by atoms with Crippen molar-refractivity contribution in [3.8, 4) is 5.75 Å². The van der Waals surface area contributed by atoms with E-state index in [2.05, 4.69) is 4.89 Å². The first-order valence-corrected chi connectivity index (χ1v) is 6.92. The highest BCUT2D eigenvalue weighted by molar-refractivity contribution is 5.79. The third-order valence-electron chi connectivity index (χ3n) is 3.02. The van der Waals surface area contributed by atoms with E-state index in [4.69, 9.17) is 14.4 Å². The Morgan fingerprint density at radius 1 is 1.38 bits per heavy atom. The summed E-state index contributed by atoms with van der Waals surface area (Å²) in [6.45, 7) is 3.75. The van der Waals surface area contributed by atoms with Crippen LogP contribution in [0.15, 0.2) is 30.3 Å². The summed E-state index contributed by atoms with van der Waals surface area (Å²) in [4.78, 5) is 21.6. The molecule has 1 aliphatic heterocycles. The van der Waals surface area contributed by atoms with E-state index in [0.717, 1.165) is 0 Å². The van der Waals surface area contributed by atoms with Crippen molar-refractivity contribution in [2.75, 3.05) is 13.2 Å². The highest BCUT2D eigenvalue weighted by atomic mass is 17.3. The minimum atomic E-state index is -1.54. The van der Waals surface area contributed by atoms with Gasteiger partial charge in [-0.25, -0.2) is 9.68 Å². The molecule has 1 aromatic rings. The van der Waals surface area contributed by atoms with Crippen LogP contribution in [0.4, 0.5) is 0 Å². The summed E-state index contributed by atoms with van der Waals surface area (Å²) >= 11 is 0. The van der Waals surface area contributed by atoms with Gasteiger partial charge in [-0.15, -0.1) is 0 Å². The summed E-state index contributed by atoms with van der Waals surface area (Å²) in [5.41, 5.74) is 0. The van der Waals surface area contributed by atoms with Gasteiger partial charge in [0.1, 0.15) is 5.75 Å². The predicted molar refractivity (Wildman–Crippen MR) is 73.3 cm³/mol. The van der Waals surface area contributed by atoms with Crippen molar-refractivity contribution in [1.82, 2.24) is 0 Å². The van der Waals surface area contributed by atoms with E-state index in [1.165, 1.54) is 0 Å². The minimum Gasteiger partial charge on any atom is -0.460 e. The zero-order chi connectivity index (χ0) is 15.3. The van der Waals surface area contributed by atoms with Gasteiger partial charge >= 0.3 is 11.8 Å². The molecule has 0 saturated carbocycles. The molecule has 1 fully saturated rings. The van der Waals surface area contributed by atoms with Crippen LogP contribution >= 0.6 is 0 Å². The van der Waals surface area contributed by atoms with E-state index in [0.29, 0.717) is 12.2 Å². The lowest BCUT2D eigenvalue weighted by molar-refractivity contribution is -0.505. The Morgan fingerprint density at radius 3 is 2.57 bits per heavy atom. The highest BCUT2D eigenvalue weighted by Crippen LogP contribution is 2.28. The fourth-order valence-electron chi connectivity index (χ4n) is 2.00. The van der Waals surface area contributed by atoms with Crippen LogP contribution in [0.1, 0.15) is 20.3 Å². The number of benzene rings is 1. The number of hydrogen-bond donors (Lipinski definition) is 1. The van der Waals surface area contributed by atoms with Gasteiger partial charge in [-0.3, -0.25) is 0 Å². The number of carbonyl (C=O) groups excluding carboxylic acids is 1. The molecule has 3 atom stereocenters. The first kappa shape index (κ1) is 15.8. The van der Waals surface area contributed by atoms with Crippen molar-refractivity contribution in [1.29, 1.82) is 0 Å². The van der Waals surface area contributed by atoms with Gasteiger partial charge in [-0.05, 0) is 31.4 Å². The van der Waals surface area contributed by atoms with E-state index in [9.17, 15) is 9.90 Å². The normalized spacial score (nSPS) is 23.8. The van der Waals surface area contributed by atoms with Crippen molar-refractivity contribution in [2.24, 2.45) is 5.92 Å².